The molecule has 6 heteroatoms. The van der Waals surface area contributed by atoms with Gasteiger partial charge in [0.2, 0.25) is 5.91 Å². The number of carbonyl (C=O) groups is 1. The topological polar surface area (TPSA) is 64.0 Å². The van der Waals surface area contributed by atoms with Crippen LogP contribution in [0.15, 0.2) is 53.3 Å². The molecule has 1 amide bonds. The van der Waals surface area contributed by atoms with Gasteiger partial charge in [0.05, 0.1) is 0 Å². The van der Waals surface area contributed by atoms with Crippen LogP contribution >= 0.6 is 11.6 Å². The number of amides is 1. The first-order chi connectivity index (χ1) is 13.4. The maximum Gasteiger partial charge on any atom is 0.254 e. The maximum absolute atomic E-state index is 12.7. The molecule has 0 saturated carbocycles. The molecule has 0 unspecified atom stereocenters. The summed E-state index contributed by atoms with van der Waals surface area (Å²) >= 11 is 6.11. The SMILES string of the molecule is CCc1cc(=O)n(CC(=O)Nc2ccc(C)cc2C)c(-c2cccc(Cl)c2)n1. The molecule has 0 aliphatic carbocycles. The Balaban J connectivity index is 1.96. The third-order valence-corrected chi connectivity index (χ3v) is 4.70. The zero-order chi connectivity index (χ0) is 20.3. The van der Waals surface area contributed by atoms with E-state index in [4.69, 9.17) is 11.6 Å². The monoisotopic (exact) mass is 395 g/mol. The van der Waals surface area contributed by atoms with E-state index in [0.29, 0.717) is 28.5 Å². The molecule has 0 fully saturated rings. The normalized spacial score (nSPS) is 10.7. The summed E-state index contributed by atoms with van der Waals surface area (Å²) in [5.74, 6) is 0.144. The molecule has 5 nitrogen and oxygen atoms in total. The highest BCUT2D eigenvalue weighted by molar-refractivity contribution is 6.30. The summed E-state index contributed by atoms with van der Waals surface area (Å²) in [6.45, 7) is 5.73. The Morgan fingerprint density at radius 1 is 1.14 bits per heavy atom. The van der Waals surface area contributed by atoms with Gasteiger partial charge in [0.1, 0.15) is 12.4 Å². The van der Waals surface area contributed by atoms with Gasteiger partial charge in [0.25, 0.3) is 5.56 Å². The summed E-state index contributed by atoms with van der Waals surface area (Å²) in [4.78, 5) is 29.9. The van der Waals surface area contributed by atoms with Crippen LogP contribution in [0.25, 0.3) is 11.4 Å². The number of aromatic nitrogens is 2. The second-order valence-corrected chi connectivity index (χ2v) is 7.16. The summed E-state index contributed by atoms with van der Waals surface area (Å²) in [5.41, 5.74) is 3.92. The van der Waals surface area contributed by atoms with Gasteiger partial charge in [-0.1, -0.05) is 48.4 Å². The lowest BCUT2D eigenvalue weighted by molar-refractivity contribution is -0.116. The molecule has 0 aliphatic rings. The summed E-state index contributed by atoms with van der Waals surface area (Å²) in [6.07, 6.45) is 0.623. The standard InChI is InChI=1S/C22H22ClN3O2/c1-4-18-12-21(28)26(22(24-18)16-6-5-7-17(23)11-16)13-20(27)25-19-9-8-14(2)10-15(19)3/h5-12H,4,13H2,1-3H3,(H,25,27). The molecule has 28 heavy (non-hydrogen) atoms. The van der Waals surface area contributed by atoms with Crippen LogP contribution in [0, 0.1) is 13.8 Å². The lowest BCUT2D eigenvalue weighted by atomic mass is 10.1. The lowest BCUT2D eigenvalue weighted by Crippen LogP contribution is -2.30. The largest absolute Gasteiger partial charge is 0.324 e. The summed E-state index contributed by atoms with van der Waals surface area (Å²) in [5, 5.41) is 3.42. The molecule has 1 heterocycles. The Kier molecular flexibility index (Phi) is 5.95. The lowest BCUT2D eigenvalue weighted by Gasteiger charge is -2.14. The number of aryl methyl sites for hydroxylation is 3. The Labute approximate surface area is 169 Å². The van der Waals surface area contributed by atoms with E-state index in [1.165, 1.54) is 10.6 Å². The fourth-order valence-corrected chi connectivity index (χ4v) is 3.21. The number of hydrogen-bond donors (Lipinski definition) is 1. The van der Waals surface area contributed by atoms with Crippen LogP contribution in [0.2, 0.25) is 5.02 Å². The van der Waals surface area contributed by atoms with Crippen molar-refractivity contribution < 1.29 is 4.79 Å². The number of halogens is 1. The van der Waals surface area contributed by atoms with Gasteiger partial charge >= 0.3 is 0 Å². The van der Waals surface area contributed by atoms with Gasteiger partial charge in [-0.3, -0.25) is 14.2 Å². The summed E-state index contributed by atoms with van der Waals surface area (Å²) < 4.78 is 1.38. The van der Waals surface area contributed by atoms with E-state index in [-0.39, 0.29) is 18.0 Å². The average molecular weight is 396 g/mol. The molecule has 0 radical (unpaired) electrons. The van der Waals surface area contributed by atoms with Crippen molar-refractivity contribution >= 4 is 23.2 Å². The van der Waals surface area contributed by atoms with Crippen molar-refractivity contribution in [3.63, 3.8) is 0 Å². The maximum atomic E-state index is 12.7. The molecule has 3 aromatic rings. The molecule has 144 valence electrons. The number of carbonyl (C=O) groups excluding carboxylic acids is 1. The molecule has 3 rings (SSSR count). The first-order valence-electron chi connectivity index (χ1n) is 9.11. The van der Waals surface area contributed by atoms with E-state index in [1.807, 2.05) is 45.0 Å². The zero-order valence-electron chi connectivity index (χ0n) is 16.1. The number of benzene rings is 2. The minimum Gasteiger partial charge on any atom is -0.324 e. The second kappa shape index (κ2) is 8.40. The number of anilines is 1. The highest BCUT2D eigenvalue weighted by atomic mass is 35.5. The van der Waals surface area contributed by atoms with Crippen molar-refractivity contribution in [2.24, 2.45) is 0 Å². The third kappa shape index (κ3) is 4.49. The number of hydrogen-bond acceptors (Lipinski definition) is 3. The fourth-order valence-electron chi connectivity index (χ4n) is 3.02. The summed E-state index contributed by atoms with van der Waals surface area (Å²) in [7, 11) is 0. The molecule has 1 N–H and O–H groups in total. The van der Waals surface area contributed by atoms with E-state index in [2.05, 4.69) is 10.3 Å². The van der Waals surface area contributed by atoms with Crippen molar-refractivity contribution in [3.8, 4) is 11.4 Å². The van der Waals surface area contributed by atoms with E-state index < -0.39 is 0 Å². The highest BCUT2D eigenvalue weighted by Crippen LogP contribution is 2.21. The van der Waals surface area contributed by atoms with Gasteiger partial charge < -0.3 is 5.32 Å². The van der Waals surface area contributed by atoms with Gasteiger partial charge in [-0.05, 0) is 44.0 Å². The van der Waals surface area contributed by atoms with Gasteiger partial charge in [-0.15, -0.1) is 0 Å². The molecule has 2 aromatic carbocycles. The van der Waals surface area contributed by atoms with Gasteiger partial charge in [-0.2, -0.15) is 0 Å². The average Bonchev–Trinajstić information content (AvgIpc) is 2.65. The van der Waals surface area contributed by atoms with Crippen LogP contribution in [-0.4, -0.2) is 15.5 Å². The minimum absolute atomic E-state index is 0.134. The highest BCUT2D eigenvalue weighted by Gasteiger charge is 2.15. The summed E-state index contributed by atoms with van der Waals surface area (Å²) in [6, 6.07) is 14.4. The molecule has 1 aromatic heterocycles. The Morgan fingerprint density at radius 3 is 2.61 bits per heavy atom. The third-order valence-electron chi connectivity index (χ3n) is 4.46. The molecular formula is C22H22ClN3O2. The van der Waals surface area contributed by atoms with Crippen molar-refractivity contribution in [2.75, 3.05) is 5.32 Å². The molecule has 0 aliphatic heterocycles. The van der Waals surface area contributed by atoms with Crippen LogP contribution < -0.4 is 10.9 Å². The van der Waals surface area contributed by atoms with Gasteiger partial charge in [0.15, 0.2) is 0 Å². The second-order valence-electron chi connectivity index (χ2n) is 6.73. The fraction of sp³-hybridized carbons (Fsp3) is 0.227. The number of rotatable bonds is 5. The van der Waals surface area contributed by atoms with Crippen LogP contribution in [0.5, 0.6) is 0 Å². The van der Waals surface area contributed by atoms with Crippen LogP contribution in [0.1, 0.15) is 23.7 Å². The number of nitrogens with one attached hydrogen (secondary N) is 1. The van der Waals surface area contributed by atoms with E-state index in [0.717, 1.165) is 16.8 Å². The van der Waals surface area contributed by atoms with Gasteiger partial charge in [0, 0.05) is 28.0 Å². The molecule has 0 bridgehead atoms. The molecule has 0 atom stereocenters. The minimum atomic E-state index is -0.289. The van der Waals surface area contributed by atoms with E-state index in [1.54, 1.807) is 18.2 Å². The predicted octanol–water partition coefficient (Wildman–Crippen LogP) is 4.38. The Morgan fingerprint density at radius 2 is 1.93 bits per heavy atom. The van der Waals surface area contributed by atoms with Crippen molar-refractivity contribution in [1.29, 1.82) is 0 Å². The van der Waals surface area contributed by atoms with E-state index in [9.17, 15) is 9.59 Å². The quantitative estimate of drug-likeness (QED) is 0.697. The first-order valence-corrected chi connectivity index (χ1v) is 9.49. The molecule has 0 saturated heterocycles. The molecule has 0 spiro atoms. The number of nitrogens with zero attached hydrogens (tertiary/aromatic N) is 2. The molecular weight excluding hydrogens is 374 g/mol. The van der Waals surface area contributed by atoms with Gasteiger partial charge in [-0.25, -0.2) is 4.98 Å². The zero-order valence-corrected chi connectivity index (χ0v) is 16.9. The van der Waals surface area contributed by atoms with Crippen LogP contribution in [0.3, 0.4) is 0 Å². The van der Waals surface area contributed by atoms with Crippen LogP contribution in [-0.2, 0) is 17.8 Å². The van der Waals surface area contributed by atoms with Crippen molar-refractivity contribution in [1.82, 2.24) is 9.55 Å². The van der Waals surface area contributed by atoms with E-state index >= 15 is 0 Å². The smallest absolute Gasteiger partial charge is 0.254 e. The van der Waals surface area contributed by atoms with Crippen LogP contribution in [0.4, 0.5) is 5.69 Å². The first kappa shape index (κ1) is 19.8. The Hall–Kier alpha value is -2.92. The predicted molar refractivity (Wildman–Crippen MR) is 113 cm³/mol. The Bertz CT molecular complexity index is 1090. The van der Waals surface area contributed by atoms with Crippen molar-refractivity contribution in [2.45, 2.75) is 33.7 Å². The van der Waals surface area contributed by atoms with Crippen molar-refractivity contribution in [3.05, 3.63) is 80.7 Å².